The van der Waals surface area contributed by atoms with Crippen molar-refractivity contribution in [3.05, 3.63) is 41.5 Å². The highest BCUT2D eigenvalue weighted by molar-refractivity contribution is 5.79. The van der Waals surface area contributed by atoms with E-state index in [0.717, 1.165) is 61.7 Å². The van der Waals surface area contributed by atoms with E-state index in [2.05, 4.69) is 5.16 Å². The maximum Gasteiger partial charge on any atom is 0.229 e. The molecule has 0 bridgehead atoms. The first-order chi connectivity index (χ1) is 14.1. The molecule has 7 heteroatoms. The van der Waals surface area contributed by atoms with E-state index < -0.39 is 0 Å². The Hall–Kier alpha value is -2.41. The van der Waals surface area contributed by atoms with Crippen LogP contribution in [0.2, 0.25) is 0 Å². The maximum absolute atomic E-state index is 13.0. The van der Waals surface area contributed by atoms with Crippen LogP contribution in [-0.2, 0) is 21.4 Å². The molecule has 7 nitrogen and oxygen atoms in total. The summed E-state index contributed by atoms with van der Waals surface area (Å²) in [5.41, 5.74) is 0.681. The third kappa shape index (κ3) is 4.45. The van der Waals surface area contributed by atoms with Crippen LogP contribution in [0, 0.1) is 0 Å². The summed E-state index contributed by atoms with van der Waals surface area (Å²) in [6.45, 7) is 1.97. The number of benzene rings is 1. The van der Waals surface area contributed by atoms with Crippen molar-refractivity contribution in [1.82, 2.24) is 15.0 Å². The van der Waals surface area contributed by atoms with Gasteiger partial charge in [-0.05, 0) is 49.8 Å². The smallest absolute Gasteiger partial charge is 0.229 e. The fourth-order valence-electron chi connectivity index (χ4n) is 4.12. The van der Waals surface area contributed by atoms with Crippen molar-refractivity contribution in [2.45, 2.75) is 49.9 Å². The summed E-state index contributed by atoms with van der Waals surface area (Å²) in [7, 11) is 3.34. The summed E-state index contributed by atoms with van der Waals surface area (Å²) >= 11 is 0. The van der Waals surface area contributed by atoms with Crippen LogP contribution in [-0.4, -0.2) is 54.9 Å². The zero-order chi connectivity index (χ0) is 20.3. The topological polar surface area (TPSA) is 77.7 Å². The lowest BCUT2D eigenvalue weighted by atomic mass is 9.76. The SMILES string of the molecule is COCCC1(c2noc(C3CC3)n2)CCCN(C(=O)Cc2ccc(OC)cc2)C1. The van der Waals surface area contributed by atoms with E-state index in [4.69, 9.17) is 19.0 Å². The number of piperidine rings is 1. The fraction of sp³-hybridized carbons (Fsp3) is 0.591. The molecule has 2 aliphatic rings. The highest BCUT2D eigenvalue weighted by Crippen LogP contribution is 2.41. The van der Waals surface area contributed by atoms with E-state index in [1.807, 2.05) is 29.2 Å². The minimum Gasteiger partial charge on any atom is -0.497 e. The van der Waals surface area contributed by atoms with Crippen molar-refractivity contribution in [3.8, 4) is 5.75 Å². The van der Waals surface area contributed by atoms with Gasteiger partial charge in [-0.1, -0.05) is 17.3 Å². The summed E-state index contributed by atoms with van der Waals surface area (Å²) in [4.78, 5) is 19.7. The number of aromatic nitrogens is 2. The molecule has 0 radical (unpaired) electrons. The predicted octanol–water partition coefficient (Wildman–Crippen LogP) is 3.10. The Balaban J connectivity index is 1.49. The monoisotopic (exact) mass is 399 g/mol. The minimum atomic E-state index is -0.305. The molecule has 1 aliphatic carbocycles. The van der Waals surface area contributed by atoms with Gasteiger partial charge in [0.25, 0.3) is 0 Å². The number of rotatable bonds is 8. The van der Waals surface area contributed by atoms with Crippen LogP contribution in [0.4, 0.5) is 0 Å². The van der Waals surface area contributed by atoms with Gasteiger partial charge in [0.1, 0.15) is 5.75 Å². The number of carbonyl (C=O) groups excluding carboxylic acids is 1. The number of nitrogens with zero attached hydrogens (tertiary/aromatic N) is 3. The van der Waals surface area contributed by atoms with Gasteiger partial charge in [0.15, 0.2) is 5.82 Å². The third-order valence-corrected chi connectivity index (χ3v) is 6.07. The van der Waals surface area contributed by atoms with Gasteiger partial charge in [0.2, 0.25) is 11.8 Å². The van der Waals surface area contributed by atoms with Crippen LogP contribution in [0.15, 0.2) is 28.8 Å². The molecule has 0 spiro atoms. The Kier molecular flexibility index (Phi) is 5.85. The first-order valence-corrected chi connectivity index (χ1v) is 10.4. The van der Waals surface area contributed by atoms with Crippen LogP contribution < -0.4 is 4.74 Å². The van der Waals surface area contributed by atoms with Crippen molar-refractivity contribution in [1.29, 1.82) is 0 Å². The van der Waals surface area contributed by atoms with Crippen molar-refractivity contribution in [2.24, 2.45) is 0 Å². The Bertz CT molecular complexity index is 831. The van der Waals surface area contributed by atoms with Crippen LogP contribution >= 0.6 is 0 Å². The number of carbonyl (C=O) groups is 1. The summed E-state index contributed by atoms with van der Waals surface area (Å²) < 4.78 is 16.1. The third-order valence-electron chi connectivity index (χ3n) is 6.07. The van der Waals surface area contributed by atoms with E-state index in [0.29, 0.717) is 25.5 Å². The lowest BCUT2D eigenvalue weighted by Gasteiger charge is -2.41. The van der Waals surface area contributed by atoms with Gasteiger partial charge in [-0.25, -0.2) is 0 Å². The first-order valence-electron chi connectivity index (χ1n) is 10.4. The molecule has 1 amide bonds. The summed E-state index contributed by atoms with van der Waals surface area (Å²) in [5, 5.41) is 4.33. The number of likely N-dealkylation sites (tertiary alicyclic amines) is 1. The normalized spacial score (nSPS) is 21.9. The molecule has 1 aromatic carbocycles. The number of hydrogen-bond acceptors (Lipinski definition) is 6. The predicted molar refractivity (Wildman–Crippen MR) is 107 cm³/mol. The summed E-state index contributed by atoms with van der Waals surface area (Å²) in [6.07, 6.45) is 5.26. The zero-order valence-corrected chi connectivity index (χ0v) is 17.2. The molecule has 4 rings (SSSR count). The zero-order valence-electron chi connectivity index (χ0n) is 17.2. The lowest BCUT2D eigenvalue weighted by Crippen LogP contribution is -2.50. The molecule has 0 N–H and O–H groups in total. The van der Waals surface area contributed by atoms with Crippen LogP contribution in [0.3, 0.4) is 0 Å². The molecule has 29 heavy (non-hydrogen) atoms. The van der Waals surface area contributed by atoms with Crippen molar-refractivity contribution >= 4 is 5.91 Å². The van der Waals surface area contributed by atoms with Crippen LogP contribution in [0.1, 0.15) is 55.3 Å². The highest BCUT2D eigenvalue weighted by Gasteiger charge is 2.43. The van der Waals surface area contributed by atoms with Crippen molar-refractivity contribution < 1.29 is 18.8 Å². The first kappa shape index (κ1) is 19.9. The molecule has 2 aromatic rings. The Morgan fingerprint density at radius 3 is 2.76 bits per heavy atom. The molecule has 1 aliphatic heterocycles. The van der Waals surface area contributed by atoms with Crippen LogP contribution in [0.25, 0.3) is 0 Å². The average Bonchev–Trinajstić information content (AvgIpc) is 3.49. The van der Waals surface area contributed by atoms with Gasteiger partial charge in [0, 0.05) is 32.7 Å². The quantitative estimate of drug-likeness (QED) is 0.679. The molecular weight excluding hydrogens is 370 g/mol. The highest BCUT2D eigenvalue weighted by atomic mass is 16.5. The van der Waals surface area contributed by atoms with Crippen LogP contribution in [0.5, 0.6) is 5.75 Å². The Labute approximate surface area is 171 Å². The molecule has 1 saturated heterocycles. The van der Waals surface area contributed by atoms with Crippen molar-refractivity contribution in [2.75, 3.05) is 33.9 Å². The molecule has 1 aromatic heterocycles. The van der Waals surface area contributed by atoms with E-state index in [9.17, 15) is 4.79 Å². The fourth-order valence-corrected chi connectivity index (χ4v) is 4.12. The molecule has 2 fully saturated rings. The molecule has 1 unspecified atom stereocenters. The molecule has 1 saturated carbocycles. The molecular formula is C22H29N3O4. The number of ether oxygens (including phenoxy) is 2. The van der Waals surface area contributed by atoms with E-state index >= 15 is 0 Å². The second kappa shape index (κ2) is 8.53. The second-order valence-electron chi connectivity index (χ2n) is 8.20. The number of hydrogen-bond donors (Lipinski definition) is 0. The summed E-state index contributed by atoms with van der Waals surface area (Å²) in [6, 6.07) is 7.67. The Morgan fingerprint density at radius 1 is 1.28 bits per heavy atom. The van der Waals surface area contributed by atoms with E-state index in [-0.39, 0.29) is 11.3 Å². The van der Waals surface area contributed by atoms with Gasteiger partial charge in [-0.2, -0.15) is 4.98 Å². The summed E-state index contributed by atoms with van der Waals surface area (Å²) in [5.74, 6) is 2.83. The second-order valence-corrected chi connectivity index (χ2v) is 8.20. The number of methoxy groups -OCH3 is 2. The molecule has 1 atom stereocenters. The van der Waals surface area contributed by atoms with E-state index in [1.54, 1.807) is 14.2 Å². The largest absolute Gasteiger partial charge is 0.497 e. The number of amides is 1. The van der Waals surface area contributed by atoms with Gasteiger partial charge >= 0.3 is 0 Å². The lowest BCUT2D eigenvalue weighted by molar-refractivity contribution is -0.133. The molecule has 2 heterocycles. The van der Waals surface area contributed by atoms with Gasteiger partial charge in [-0.3, -0.25) is 4.79 Å². The molecule has 156 valence electrons. The van der Waals surface area contributed by atoms with E-state index in [1.165, 1.54) is 0 Å². The van der Waals surface area contributed by atoms with Gasteiger partial charge in [-0.15, -0.1) is 0 Å². The maximum atomic E-state index is 13.0. The van der Waals surface area contributed by atoms with Gasteiger partial charge < -0.3 is 18.9 Å². The van der Waals surface area contributed by atoms with Crippen molar-refractivity contribution in [3.63, 3.8) is 0 Å². The van der Waals surface area contributed by atoms with Gasteiger partial charge in [0.05, 0.1) is 18.9 Å². The average molecular weight is 399 g/mol. The Morgan fingerprint density at radius 2 is 2.07 bits per heavy atom. The minimum absolute atomic E-state index is 0.127. The standard InChI is InChI=1S/C22H29N3O4/c1-27-13-11-22(21-23-20(29-24-21)17-6-7-17)10-3-12-25(15-22)19(26)14-16-4-8-18(28-2)9-5-16/h4-5,8-9,17H,3,6-7,10-15H2,1-2H3.